The number of carbonyl (C=O) groups excluding carboxylic acids is 3. The largest absolute Gasteiger partial charge is 0.458 e. The Hall–Kier alpha value is -3.83. The number of benzene rings is 2. The van der Waals surface area contributed by atoms with Crippen molar-refractivity contribution < 1.29 is 66.5 Å². The van der Waals surface area contributed by atoms with Crippen molar-refractivity contribution in [3.8, 4) is 0 Å². The van der Waals surface area contributed by atoms with Gasteiger partial charge in [0, 0.05) is 51.6 Å². The van der Waals surface area contributed by atoms with Gasteiger partial charge in [0.1, 0.15) is 49.0 Å². The molecule has 10 fully saturated rings. The summed E-state index contributed by atoms with van der Waals surface area (Å²) in [4.78, 5) is 41.3. The minimum absolute atomic E-state index is 0.00377. The van der Waals surface area contributed by atoms with Gasteiger partial charge in [-0.25, -0.2) is 9.59 Å². The number of esters is 2. The number of methoxy groups -OCH3 is 1. The van der Waals surface area contributed by atoms with Crippen molar-refractivity contribution in [1.82, 2.24) is 0 Å². The molecule has 10 heterocycles. The van der Waals surface area contributed by atoms with Gasteiger partial charge in [0.2, 0.25) is 0 Å². The Bertz CT molecular complexity index is 2180. The maximum Gasteiger partial charge on any atom is 0.338 e. The molecule has 366 valence electrons. The number of hydrogen-bond acceptors (Lipinski definition) is 14. The normalized spacial score (nSPS) is 42.5. The predicted molar refractivity (Wildman–Crippen MR) is 244 cm³/mol. The fraction of sp³-hybridized carbons (Fsp3) is 0.648. The van der Waals surface area contributed by atoms with Crippen molar-refractivity contribution in [2.45, 2.75) is 194 Å². The van der Waals surface area contributed by atoms with Crippen molar-refractivity contribution in [3.05, 3.63) is 96.1 Å². The Balaban J connectivity index is 0.864. The van der Waals surface area contributed by atoms with Gasteiger partial charge in [-0.15, -0.1) is 0 Å². The molecule has 14 heteroatoms. The van der Waals surface area contributed by atoms with Crippen molar-refractivity contribution in [1.29, 1.82) is 0 Å². The third-order valence-electron chi connectivity index (χ3n) is 16.4. The van der Waals surface area contributed by atoms with E-state index in [1.165, 1.54) is 0 Å². The van der Waals surface area contributed by atoms with Gasteiger partial charge in [-0.2, -0.15) is 0 Å². The second-order valence-corrected chi connectivity index (χ2v) is 20.9. The Morgan fingerprint density at radius 3 is 2.16 bits per heavy atom. The monoisotopic (exact) mass is 938 g/mol. The van der Waals surface area contributed by atoms with Crippen LogP contribution in [-0.2, 0) is 56.9 Å². The van der Waals surface area contributed by atoms with Crippen molar-refractivity contribution in [3.63, 3.8) is 0 Å². The van der Waals surface area contributed by atoms with Gasteiger partial charge in [-0.1, -0.05) is 56.5 Å². The second-order valence-electron chi connectivity index (χ2n) is 20.9. The van der Waals surface area contributed by atoms with Crippen LogP contribution >= 0.6 is 0 Å². The maximum absolute atomic E-state index is 14.6. The van der Waals surface area contributed by atoms with Gasteiger partial charge in [-0.3, -0.25) is 4.79 Å². The predicted octanol–water partition coefficient (Wildman–Crippen LogP) is 7.20. The molecule has 19 atom stereocenters. The van der Waals surface area contributed by atoms with Crippen LogP contribution in [-0.4, -0.2) is 135 Å². The third kappa shape index (κ3) is 9.30. The Morgan fingerprint density at radius 1 is 0.691 bits per heavy atom. The Labute approximate surface area is 398 Å². The molecule has 10 aliphatic rings. The molecule has 68 heavy (non-hydrogen) atoms. The quantitative estimate of drug-likeness (QED) is 0.194. The summed E-state index contributed by atoms with van der Waals surface area (Å²) in [5.41, 5.74) is 2.84. The number of Topliss-reactive ketones (excluding diaryl/α,β-unsaturated/α-hetero) is 1. The lowest BCUT2D eigenvalue weighted by Crippen LogP contribution is -2.61. The molecule has 14 nitrogen and oxygen atoms in total. The first kappa shape index (κ1) is 46.5. The first-order chi connectivity index (χ1) is 33.0. The van der Waals surface area contributed by atoms with E-state index >= 15 is 0 Å². The van der Waals surface area contributed by atoms with Crippen LogP contribution in [0.15, 0.2) is 85.0 Å². The molecule has 2 aromatic carbocycles. The molecule has 2 aromatic rings. The van der Waals surface area contributed by atoms with Crippen LogP contribution in [0.25, 0.3) is 0 Å². The SMILES string of the molecule is C=C1C(C)CC2CC[C@@H]3OC(CC[C@@]45CC6OC7C(O4)[C@H]4OC(CCC4O[C@H]7C6O5)CC(=O)CC4[C@@H](OC)C(CC(COC(=O)c5ccccc5)OC(=O)c5ccccc5)O[C@H]4CC1O2)CC3=C. The topological polar surface area (TPSA) is 153 Å². The lowest BCUT2D eigenvalue weighted by molar-refractivity contribution is -0.292. The summed E-state index contributed by atoms with van der Waals surface area (Å²) in [5.74, 6) is -2.09. The van der Waals surface area contributed by atoms with Gasteiger partial charge in [0.15, 0.2) is 5.79 Å². The van der Waals surface area contributed by atoms with Crippen LogP contribution < -0.4 is 0 Å². The summed E-state index contributed by atoms with van der Waals surface area (Å²) in [6, 6.07) is 17.4. The van der Waals surface area contributed by atoms with Crippen LogP contribution in [0.5, 0.6) is 0 Å². The van der Waals surface area contributed by atoms with E-state index in [0.29, 0.717) is 36.8 Å². The van der Waals surface area contributed by atoms with Crippen LogP contribution in [0, 0.1) is 11.8 Å². The molecule has 0 radical (unpaired) electrons. The number of ether oxygens (including phenoxy) is 11. The summed E-state index contributed by atoms with van der Waals surface area (Å²) >= 11 is 0. The fourth-order valence-corrected chi connectivity index (χ4v) is 12.9. The summed E-state index contributed by atoms with van der Waals surface area (Å²) in [7, 11) is 1.62. The smallest absolute Gasteiger partial charge is 0.338 e. The summed E-state index contributed by atoms with van der Waals surface area (Å²) in [6.45, 7) is 11.0. The third-order valence-corrected chi connectivity index (χ3v) is 16.4. The van der Waals surface area contributed by atoms with Gasteiger partial charge < -0.3 is 52.1 Å². The molecule has 12 bridgehead atoms. The molecule has 1 spiro atoms. The molecule has 0 N–H and O–H groups in total. The van der Waals surface area contributed by atoms with E-state index in [1.54, 1.807) is 55.6 Å². The Morgan fingerprint density at radius 2 is 1.38 bits per heavy atom. The molecule has 12 rings (SSSR count). The van der Waals surface area contributed by atoms with Gasteiger partial charge in [0.05, 0.1) is 72.2 Å². The van der Waals surface area contributed by atoms with E-state index in [-0.39, 0.29) is 105 Å². The van der Waals surface area contributed by atoms with Crippen molar-refractivity contribution in [2.24, 2.45) is 11.8 Å². The summed E-state index contributed by atoms with van der Waals surface area (Å²) in [5, 5.41) is 0. The van der Waals surface area contributed by atoms with Gasteiger partial charge in [-0.05, 0) is 86.3 Å². The van der Waals surface area contributed by atoms with E-state index in [4.69, 9.17) is 52.1 Å². The fourth-order valence-electron chi connectivity index (χ4n) is 12.9. The zero-order valence-electron chi connectivity index (χ0n) is 39.2. The number of carbonyl (C=O) groups is 3. The highest BCUT2D eigenvalue weighted by atomic mass is 16.8. The molecular weight excluding hydrogens is 873 g/mol. The van der Waals surface area contributed by atoms with Crippen LogP contribution in [0.2, 0.25) is 0 Å². The minimum atomic E-state index is -0.900. The average molecular weight is 939 g/mol. The van der Waals surface area contributed by atoms with Gasteiger partial charge >= 0.3 is 11.9 Å². The number of fused-ring (bicyclic) bond motifs is 6. The second kappa shape index (κ2) is 19.4. The molecule has 10 aliphatic heterocycles. The van der Waals surface area contributed by atoms with Crippen molar-refractivity contribution in [2.75, 3.05) is 13.7 Å². The molecule has 0 aliphatic carbocycles. The molecule has 0 aromatic heterocycles. The lowest BCUT2D eigenvalue weighted by Gasteiger charge is -2.47. The van der Waals surface area contributed by atoms with Crippen LogP contribution in [0.4, 0.5) is 0 Å². The number of ketones is 1. The van der Waals surface area contributed by atoms with E-state index in [0.717, 1.165) is 49.7 Å². The summed E-state index contributed by atoms with van der Waals surface area (Å²) in [6.07, 6.45) is 2.39. The number of hydrogen-bond donors (Lipinski definition) is 0. The first-order valence-electron chi connectivity index (χ1n) is 25.2. The highest BCUT2D eigenvalue weighted by molar-refractivity contribution is 5.90. The molecular formula is C54H66O14. The average Bonchev–Trinajstić information content (AvgIpc) is 4.02. The highest BCUT2D eigenvalue weighted by Crippen LogP contribution is 2.54. The maximum atomic E-state index is 14.6. The zero-order valence-corrected chi connectivity index (χ0v) is 39.2. The van der Waals surface area contributed by atoms with Crippen molar-refractivity contribution >= 4 is 17.7 Å². The molecule has 0 saturated carbocycles. The summed E-state index contributed by atoms with van der Waals surface area (Å²) < 4.78 is 73.0. The molecule has 0 amide bonds. The van der Waals surface area contributed by atoms with E-state index in [2.05, 4.69) is 20.1 Å². The van der Waals surface area contributed by atoms with E-state index < -0.39 is 54.3 Å². The van der Waals surface area contributed by atoms with Crippen LogP contribution in [0.3, 0.4) is 0 Å². The Kier molecular flexibility index (Phi) is 13.3. The van der Waals surface area contributed by atoms with Gasteiger partial charge in [0.25, 0.3) is 0 Å². The van der Waals surface area contributed by atoms with E-state index in [1.807, 2.05) is 12.1 Å². The first-order valence-corrected chi connectivity index (χ1v) is 25.2. The highest BCUT2D eigenvalue weighted by Gasteiger charge is 2.69. The zero-order chi connectivity index (χ0) is 46.7. The standard InChI is InChI=1S/C54H66O14/c1-29-21-35-15-17-40-30(2)22-37(60-40)19-20-54-27-45-48(67-54)49-50(66-45)51(68-54)47-41(65-49)18-16-36(62-47)23-34(55)24-39-43(26-42(61-35)31(29)3)64-44(46(39)58-4)25-38(63-53(57)33-13-9-6-10-14-33)28-59-52(56)32-11-7-5-8-12-32/h5-14,29,35-51H,2-3,15-28H2,1,4H3/t29?,35?,36?,37?,38?,39?,40-,41?,42?,43-,44?,45?,46+,47-,48?,49-,50?,51?,54-/m0/s1. The molecule has 10 saturated heterocycles. The minimum Gasteiger partial charge on any atom is -0.458 e. The van der Waals surface area contributed by atoms with E-state index in [9.17, 15) is 14.4 Å². The molecule has 13 unspecified atom stereocenters. The lowest BCUT2D eigenvalue weighted by atomic mass is 9.81. The van der Waals surface area contributed by atoms with Crippen LogP contribution in [0.1, 0.15) is 111 Å². The number of rotatable bonds is 8.